The van der Waals surface area contributed by atoms with Crippen LogP contribution in [0.2, 0.25) is 0 Å². The van der Waals surface area contributed by atoms with Crippen LogP contribution in [0.3, 0.4) is 0 Å². The van der Waals surface area contributed by atoms with Gasteiger partial charge >= 0.3 is 0 Å². The SMILES string of the molecule is CCc1ccccc1OC(C)C(=O)NC1CC(CC)(CC)Oc2ccccc21. The number of rotatable bonds is 7. The second kappa shape index (κ2) is 8.68. The Balaban J connectivity index is 1.77. The molecule has 4 heteroatoms. The fourth-order valence-electron chi connectivity index (χ4n) is 3.87. The molecule has 1 aliphatic heterocycles. The Kier molecular flexibility index (Phi) is 6.28. The first-order valence-electron chi connectivity index (χ1n) is 10.3. The Hall–Kier alpha value is -2.49. The van der Waals surface area contributed by atoms with E-state index in [9.17, 15) is 4.79 Å². The molecule has 0 saturated heterocycles. The average molecular weight is 382 g/mol. The third kappa shape index (κ3) is 4.16. The lowest BCUT2D eigenvalue weighted by Crippen LogP contribution is -2.47. The minimum atomic E-state index is -0.569. The molecule has 0 saturated carbocycles. The van der Waals surface area contributed by atoms with Gasteiger partial charge in [0.25, 0.3) is 5.91 Å². The summed E-state index contributed by atoms with van der Waals surface area (Å²) in [5.74, 6) is 1.54. The van der Waals surface area contributed by atoms with Crippen LogP contribution in [0.4, 0.5) is 0 Å². The number of fused-ring (bicyclic) bond motifs is 1. The summed E-state index contributed by atoms with van der Waals surface area (Å²) >= 11 is 0. The van der Waals surface area contributed by atoms with Crippen molar-refractivity contribution in [3.8, 4) is 11.5 Å². The first-order chi connectivity index (χ1) is 13.5. The number of ether oxygens (including phenoxy) is 2. The number of carbonyl (C=O) groups excluding carboxylic acids is 1. The van der Waals surface area contributed by atoms with Crippen LogP contribution in [0.5, 0.6) is 11.5 Å². The molecular weight excluding hydrogens is 350 g/mol. The van der Waals surface area contributed by atoms with Crippen molar-refractivity contribution >= 4 is 5.91 Å². The maximum atomic E-state index is 12.9. The molecule has 1 amide bonds. The van der Waals surface area contributed by atoms with Gasteiger partial charge in [-0.05, 0) is 43.9 Å². The molecule has 2 aromatic rings. The molecule has 4 nitrogen and oxygen atoms in total. The molecule has 0 aliphatic carbocycles. The van der Waals surface area contributed by atoms with Crippen LogP contribution in [-0.4, -0.2) is 17.6 Å². The lowest BCUT2D eigenvalue weighted by Gasteiger charge is -2.41. The van der Waals surface area contributed by atoms with Crippen molar-refractivity contribution in [1.82, 2.24) is 5.32 Å². The predicted octanol–water partition coefficient (Wildman–Crippen LogP) is 5.22. The van der Waals surface area contributed by atoms with E-state index in [0.717, 1.165) is 48.3 Å². The van der Waals surface area contributed by atoms with Crippen LogP contribution in [0, 0.1) is 0 Å². The molecule has 2 atom stereocenters. The maximum absolute atomic E-state index is 12.9. The normalized spacial score (nSPS) is 18.5. The van der Waals surface area contributed by atoms with Gasteiger partial charge in [-0.1, -0.05) is 57.2 Å². The number of benzene rings is 2. The first kappa shape index (κ1) is 20.2. The Morgan fingerprint density at radius 1 is 1.14 bits per heavy atom. The van der Waals surface area contributed by atoms with Crippen LogP contribution >= 0.6 is 0 Å². The van der Waals surface area contributed by atoms with Crippen LogP contribution in [0.15, 0.2) is 48.5 Å². The van der Waals surface area contributed by atoms with E-state index in [4.69, 9.17) is 9.47 Å². The van der Waals surface area contributed by atoms with Gasteiger partial charge in [0, 0.05) is 12.0 Å². The van der Waals surface area contributed by atoms with E-state index in [1.54, 1.807) is 6.92 Å². The number of aryl methyl sites for hydroxylation is 1. The van der Waals surface area contributed by atoms with Gasteiger partial charge < -0.3 is 14.8 Å². The van der Waals surface area contributed by atoms with Crippen molar-refractivity contribution in [2.24, 2.45) is 0 Å². The van der Waals surface area contributed by atoms with Gasteiger partial charge in [-0.2, -0.15) is 0 Å². The molecule has 2 unspecified atom stereocenters. The first-order valence-corrected chi connectivity index (χ1v) is 10.3. The highest BCUT2D eigenvalue weighted by atomic mass is 16.5. The number of nitrogens with one attached hydrogen (secondary N) is 1. The van der Waals surface area contributed by atoms with Crippen LogP contribution in [-0.2, 0) is 11.2 Å². The largest absolute Gasteiger partial charge is 0.487 e. The summed E-state index contributed by atoms with van der Waals surface area (Å²) in [5.41, 5.74) is 1.90. The predicted molar refractivity (Wildman–Crippen MR) is 112 cm³/mol. The summed E-state index contributed by atoms with van der Waals surface area (Å²) in [7, 11) is 0. The molecule has 0 fully saturated rings. The molecular formula is C24H31NO3. The van der Waals surface area contributed by atoms with Crippen molar-refractivity contribution in [2.45, 2.75) is 71.1 Å². The average Bonchev–Trinajstić information content (AvgIpc) is 2.73. The quantitative estimate of drug-likeness (QED) is 0.716. The number of para-hydroxylation sites is 2. The third-order valence-corrected chi connectivity index (χ3v) is 5.83. The smallest absolute Gasteiger partial charge is 0.261 e. The van der Waals surface area contributed by atoms with E-state index in [0.29, 0.717) is 0 Å². The number of hydrogen-bond acceptors (Lipinski definition) is 3. The van der Waals surface area contributed by atoms with Crippen molar-refractivity contribution in [2.75, 3.05) is 0 Å². The standard InChI is InChI=1S/C24H31NO3/c1-5-18-12-8-10-14-21(18)27-17(4)23(26)25-20-16-24(6-2,7-3)28-22-15-11-9-13-19(20)22/h8-15,17,20H,5-7,16H2,1-4H3,(H,25,26). The van der Waals surface area contributed by atoms with E-state index in [1.165, 1.54) is 0 Å². The van der Waals surface area contributed by atoms with E-state index >= 15 is 0 Å². The van der Waals surface area contributed by atoms with Gasteiger partial charge in [-0.25, -0.2) is 0 Å². The minimum Gasteiger partial charge on any atom is -0.487 e. The van der Waals surface area contributed by atoms with Gasteiger partial charge in [0.1, 0.15) is 17.1 Å². The van der Waals surface area contributed by atoms with Gasteiger partial charge in [-0.15, -0.1) is 0 Å². The zero-order valence-electron chi connectivity index (χ0n) is 17.3. The van der Waals surface area contributed by atoms with E-state index in [-0.39, 0.29) is 17.6 Å². The lowest BCUT2D eigenvalue weighted by atomic mass is 9.83. The molecule has 1 aliphatic rings. The fourth-order valence-corrected chi connectivity index (χ4v) is 3.87. The van der Waals surface area contributed by atoms with Crippen molar-refractivity contribution in [3.63, 3.8) is 0 Å². The summed E-state index contributed by atoms with van der Waals surface area (Å²) in [5, 5.41) is 3.21. The van der Waals surface area contributed by atoms with Gasteiger partial charge in [0.15, 0.2) is 6.10 Å². The Morgan fingerprint density at radius 2 is 1.82 bits per heavy atom. The molecule has 28 heavy (non-hydrogen) atoms. The number of carbonyl (C=O) groups is 1. The zero-order chi connectivity index (χ0) is 20.1. The second-order valence-corrected chi connectivity index (χ2v) is 7.52. The Morgan fingerprint density at radius 3 is 2.54 bits per heavy atom. The molecule has 150 valence electrons. The van der Waals surface area contributed by atoms with E-state index < -0.39 is 6.10 Å². The fraction of sp³-hybridized carbons (Fsp3) is 0.458. The van der Waals surface area contributed by atoms with E-state index in [1.807, 2.05) is 48.5 Å². The van der Waals surface area contributed by atoms with Crippen LogP contribution in [0.25, 0.3) is 0 Å². The highest BCUT2D eigenvalue weighted by Gasteiger charge is 2.39. The Bertz CT molecular complexity index is 813. The van der Waals surface area contributed by atoms with Crippen molar-refractivity contribution < 1.29 is 14.3 Å². The molecule has 0 bridgehead atoms. The third-order valence-electron chi connectivity index (χ3n) is 5.83. The molecule has 0 radical (unpaired) electrons. The molecule has 3 rings (SSSR count). The minimum absolute atomic E-state index is 0.0789. The molecule has 1 N–H and O–H groups in total. The van der Waals surface area contributed by atoms with Crippen LogP contribution < -0.4 is 14.8 Å². The molecule has 0 aromatic heterocycles. The topological polar surface area (TPSA) is 47.6 Å². The van der Waals surface area contributed by atoms with Gasteiger partial charge in [0.2, 0.25) is 0 Å². The van der Waals surface area contributed by atoms with Gasteiger partial charge in [0.05, 0.1) is 6.04 Å². The lowest BCUT2D eigenvalue weighted by molar-refractivity contribution is -0.128. The monoisotopic (exact) mass is 381 g/mol. The summed E-state index contributed by atoms with van der Waals surface area (Å²) in [6.07, 6.45) is 2.87. The highest BCUT2D eigenvalue weighted by Crippen LogP contribution is 2.42. The van der Waals surface area contributed by atoms with E-state index in [2.05, 4.69) is 26.1 Å². The van der Waals surface area contributed by atoms with Crippen molar-refractivity contribution in [3.05, 3.63) is 59.7 Å². The Labute approximate surface area is 168 Å². The summed E-state index contributed by atoms with van der Waals surface area (Å²) in [6.45, 7) is 8.17. The van der Waals surface area contributed by atoms with Crippen LogP contribution in [0.1, 0.15) is 64.1 Å². The highest BCUT2D eigenvalue weighted by molar-refractivity contribution is 5.81. The molecule has 0 spiro atoms. The summed E-state index contributed by atoms with van der Waals surface area (Å²) in [4.78, 5) is 12.9. The molecule has 2 aromatic carbocycles. The number of amides is 1. The molecule has 1 heterocycles. The van der Waals surface area contributed by atoms with Gasteiger partial charge in [-0.3, -0.25) is 4.79 Å². The number of hydrogen-bond donors (Lipinski definition) is 1. The van der Waals surface area contributed by atoms with Crippen molar-refractivity contribution in [1.29, 1.82) is 0 Å². The summed E-state index contributed by atoms with van der Waals surface area (Å²) in [6, 6.07) is 15.8. The second-order valence-electron chi connectivity index (χ2n) is 7.52. The summed E-state index contributed by atoms with van der Waals surface area (Å²) < 4.78 is 12.3. The zero-order valence-corrected chi connectivity index (χ0v) is 17.3. The maximum Gasteiger partial charge on any atom is 0.261 e.